The summed E-state index contributed by atoms with van der Waals surface area (Å²) in [6.07, 6.45) is 1.01. The molecule has 0 aromatic heterocycles. The predicted molar refractivity (Wildman–Crippen MR) is 64.2 cm³/mol. The monoisotopic (exact) mass is 216 g/mol. The zero-order chi connectivity index (χ0) is 11.5. The molecule has 0 bridgehead atoms. The van der Waals surface area contributed by atoms with Crippen molar-refractivity contribution in [3.05, 3.63) is 34.7 Å². The lowest BCUT2D eigenvalue weighted by molar-refractivity contribution is 0.416. The van der Waals surface area contributed by atoms with Crippen LogP contribution in [0.25, 0.3) is 4.85 Å². The fraction of sp³-hybridized carbons (Fsp3) is 0.462. The molecule has 1 aliphatic rings. The van der Waals surface area contributed by atoms with Gasteiger partial charge in [0.05, 0.1) is 13.7 Å². The van der Waals surface area contributed by atoms with E-state index in [1.807, 2.05) is 12.1 Å². The van der Waals surface area contributed by atoms with Gasteiger partial charge >= 0.3 is 0 Å². The van der Waals surface area contributed by atoms with Crippen LogP contribution < -0.4 is 10.1 Å². The van der Waals surface area contributed by atoms with Gasteiger partial charge in [0, 0.05) is 6.54 Å². The van der Waals surface area contributed by atoms with Crippen LogP contribution in [-0.4, -0.2) is 20.2 Å². The molecule has 84 valence electrons. The van der Waals surface area contributed by atoms with E-state index in [2.05, 4.69) is 17.1 Å². The van der Waals surface area contributed by atoms with Crippen LogP contribution in [0.1, 0.15) is 24.0 Å². The lowest BCUT2D eigenvalue weighted by atomic mass is 9.94. The fourth-order valence-corrected chi connectivity index (χ4v) is 2.20. The minimum Gasteiger partial charge on any atom is -0.508 e. The molecule has 1 aromatic rings. The summed E-state index contributed by atoms with van der Waals surface area (Å²) in [5.74, 6) is 1.16. The van der Waals surface area contributed by atoms with Crippen molar-refractivity contribution in [1.29, 1.82) is 0 Å². The molecule has 0 spiro atoms. The van der Waals surface area contributed by atoms with Crippen LogP contribution in [0.3, 0.4) is 0 Å². The van der Waals surface area contributed by atoms with E-state index in [0.29, 0.717) is 17.4 Å². The summed E-state index contributed by atoms with van der Waals surface area (Å²) in [7, 11) is 1.62. The van der Waals surface area contributed by atoms with Crippen LogP contribution in [0.15, 0.2) is 12.1 Å². The molecular weight excluding hydrogens is 200 g/mol. The van der Waals surface area contributed by atoms with Crippen LogP contribution in [0.4, 0.5) is 5.69 Å². The highest BCUT2D eigenvalue weighted by Crippen LogP contribution is 2.35. The normalized spacial score (nSPS) is 19.4. The van der Waals surface area contributed by atoms with Crippen molar-refractivity contribution < 1.29 is 4.74 Å². The zero-order valence-corrected chi connectivity index (χ0v) is 9.71. The van der Waals surface area contributed by atoms with Crippen molar-refractivity contribution in [2.75, 3.05) is 20.2 Å². The smallest absolute Gasteiger partial charge is 0.228 e. The Morgan fingerprint density at radius 1 is 1.50 bits per heavy atom. The maximum absolute atomic E-state index is 7.16. The number of rotatable bonds is 1. The van der Waals surface area contributed by atoms with Gasteiger partial charge in [-0.15, -0.1) is 0 Å². The van der Waals surface area contributed by atoms with Gasteiger partial charge in [-0.2, -0.15) is 0 Å². The Labute approximate surface area is 96.2 Å². The third-order valence-electron chi connectivity index (χ3n) is 3.11. The molecule has 1 aromatic carbocycles. The van der Waals surface area contributed by atoms with Gasteiger partial charge in [-0.3, -0.25) is 0 Å². The number of hydrogen-bond acceptors (Lipinski definition) is 2. The first-order valence-electron chi connectivity index (χ1n) is 5.55. The Kier molecular flexibility index (Phi) is 3.12. The second kappa shape index (κ2) is 4.54. The van der Waals surface area contributed by atoms with Crippen LogP contribution >= 0.6 is 0 Å². The van der Waals surface area contributed by atoms with Gasteiger partial charge in [-0.05, 0) is 36.6 Å². The first kappa shape index (κ1) is 11.0. The van der Waals surface area contributed by atoms with E-state index in [0.717, 1.165) is 19.5 Å². The van der Waals surface area contributed by atoms with Gasteiger partial charge in [0.15, 0.2) is 0 Å². The first-order valence-corrected chi connectivity index (χ1v) is 5.55. The number of methoxy groups -OCH3 is 1. The molecule has 3 heteroatoms. The topological polar surface area (TPSA) is 25.6 Å². The van der Waals surface area contributed by atoms with Crippen molar-refractivity contribution in [1.82, 2.24) is 5.32 Å². The predicted octanol–water partition coefficient (Wildman–Crippen LogP) is 2.50. The Morgan fingerprint density at radius 2 is 2.31 bits per heavy atom. The Hall–Kier alpha value is -1.53. The number of nitrogens with one attached hydrogen (secondary N) is 1. The summed E-state index contributed by atoms with van der Waals surface area (Å²) in [5, 5.41) is 3.40. The molecule has 1 N–H and O–H groups in total. The van der Waals surface area contributed by atoms with E-state index < -0.39 is 0 Å². The largest absolute Gasteiger partial charge is 0.508 e. The maximum Gasteiger partial charge on any atom is 0.228 e. The van der Waals surface area contributed by atoms with Gasteiger partial charge in [-0.1, -0.05) is 12.5 Å². The second-order valence-electron chi connectivity index (χ2n) is 4.19. The van der Waals surface area contributed by atoms with E-state index in [1.165, 1.54) is 11.1 Å². The Morgan fingerprint density at radius 3 is 3.00 bits per heavy atom. The highest BCUT2D eigenvalue weighted by molar-refractivity contribution is 5.62. The van der Waals surface area contributed by atoms with Crippen LogP contribution in [0.5, 0.6) is 5.75 Å². The van der Waals surface area contributed by atoms with Crippen LogP contribution in [0.2, 0.25) is 0 Å². The van der Waals surface area contributed by atoms with Crippen molar-refractivity contribution >= 4 is 5.69 Å². The Bertz CT molecular complexity index is 434. The van der Waals surface area contributed by atoms with Gasteiger partial charge in [0.25, 0.3) is 0 Å². The second-order valence-corrected chi connectivity index (χ2v) is 4.19. The lowest BCUT2D eigenvalue weighted by Gasteiger charge is -2.14. The minimum absolute atomic E-state index is 0.462. The zero-order valence-electron chi connectivity index (χ0n) is 9.71. The summed E-state index contributed by atoms with van der Waals surface area (Å²) in [6, 6.07) is 4.00. The number of benzene rings is 1. The summed E-state index contributed by atoms with van der Waals surface area (Å²) < 4.78 is 5.24. The SMILES string of the molecule is [C-]#[N+]c1cc2c(cc1OC)CCNCC2C. The number of nitrogens with zero attached hydrogens (tertiary/aromatic N) is 1. The third-order valence-corrected chi connectivity index (χ3v) is 3.11. The quantitative estimate of drug-likeness (QED) is 0.730. The van der Waals surface area contributed by atoms with Crippen molar-refractivity contribution in [3.8, 4) is 5.75 Å². The highest BCUT2D eigenvalue weighted by atomic mass is 16.5. The fourth-order valence-electron chi connectivity index (χ4n) is 2.20. The molecule has 0 radical (unpaired) electrons. The molecule has 1 unspecified atom stereocenters. The minimum atomic E-state index is 0.462. The molecule has 0 fully saturated rings. The first-order chi connectivity index (χ1) is 7.76. The van der Waals surface area contributed by atoms with Crippen molar-refractivity contribution in [2.45, 2.75) is 19.3 Å². The van der Waals surface area contributed by atoms with Gasteiger partial charge < -0.3 is 10.1 Å². The van der Waals surface area contributed by atoms with Gasteiger partial charge in [0.1, 0.15) is 5.75 Å². The van der Waals surface area contributed by atoms with E-state index in [9.17, 15) is 0 Å². The molecular formula is C13H16N2O. The molecule has 2 rings (SSSR count). The average molecular weight is 216 g/mol. The van der Waals surface area contributed by atoms with E-state index in [1.54, 1.807) is 7.11 Å². The molecule has 0 saturated carbocycles. The summed E-state index contributed by atoms with van der Waals surface area (Å²) in [6.45, 7) is 11.3. The van der Waals surface area contributed by atoms with E-state index in [-0.39, 0.29) is 0 Å². The third kappa shape index (κ3) is 1.89. The summed E-state index contributed by atoms with van der Waals surface area (Å²) in [5.41, 5.74) is 3.22. The average Bonchev–Trinajstić information content (AvgIpc) is 2.49. The van der Waals surface area contributed by atoms with Gasteiger partial charge in [-0.25, -0.2) is 4.85 Å². The van der Waals surface area contributed by atoms with E-state index in [4.69, 9.17) is 11.3 Å². The number of fused-ring (bicyclic) bond motifs is 1. The van der Waals surface area contributed by atoms with Gasteiger partial charge in [0.2, 0.25) is 5.69 Å². The van der Waals surface area contributed by atoms with E-state index >= 15 is 0 Å². The molecule has 1 atom stereocenters. The Balaban J connectivity index is 2.53. The van der Waals surface area contributed by atoms with Crippen LogP contribution in [-0.2, 0) is 6.42 Å². The van der Waals surface area contributed by atoms with Crippen molar-refractivity contribution in [3.63, 3.8) is 0 Å². The molecule has 0 amide bonds. The molecule has 16 heavy (non-hydrogen) atoms. The maximum atomic E-state index is 7.16. The molecule has 0 saturated heterocycles. The number of ether oxygens (including phenoxy) is 1. The standard InChI is InChI=1S/C13H16N2O/c1-9-8-15-5-4-10-6-13(16-3)12(14-2)7-11(9)10/h6-7,9,15H,4-5,8H2,1,3H3. The summed E-state index contributed by atoms with van der Waals surface area (Å²) in [4.78, 5) is 3.52. The van der Waals surface area contributed by atoms with Crippen LogP contribution in [0, 0.1) is 6.57 Å². The molecule has 3 nitrogen and oxygen atoms in total. The molecule has 1 aliphatic heterocycles. The molecule has 1 heterocycles. The van der Waals surface area contributed by atoms with Crippen molar-refractivity contribution in [2.24, 2.45) is 0 Å². The summed E-state index contributed by atoms with van der Waals surface area (Å²) >= 11 is 0. The lowest BCUT2D eigenvalue weighted by Crippen LogP contribution is -2.18. The highest BCUT2D eigenvalue weighted by Gasteiger charge is 2.17. The number of hydrogen-bond donors (Lipinski definition) is 1. The molecule has 0 aliphatic carbocycles.